The van der Waals surface area contributed by atoms with Crippen LogP contribution in [0.5, 0.6) is 0 Å². The number of Topliss-reactive ketones (excluding diaryl/α,β-unsaturated/α-hetero) is 1. The number of fused-ring (bicyclic) bond motifs is 1. The largest absolute Gasteiger partial charge is 0.299 e. The van der Waals surface area contributed by atoms with Crippen LogP contribution in [-0.4, -0.2) is 11.7 Å². The Morgan fingerprint density at radius 3 is 2.53 bits per heavy atom. The minimum atomic E-state index is -0.598. The first-order valence-corrected chi connectivity index (χ1v) is 7.09. The fourth-order valence-corrected chi connectivity index (χ4v) is 3.25. The van der Waals surface area contributed by atoms with Crippen molar-refractivity contribution in [3.63, 3.8) is 0 Å². The lowest BCUT2D eigenvalue weighted by atomic mass is 10.1. The molecule has 0 bridgehead atoms. The Labute approximate surface area is 123 Å². The van der Waals surface area contributed by atoms with Gasteiger partial charge in [0.15, 0.2) is 0 Å². The van der Waals surface area contributed by atoms with E-state index in [4.69, 9.17) is 23.2 Å². The number of halogens is 2. The highest BCUT2D eigenvalue weighted by Crippen LogP contribution is 2.40. The molecular weight excluding hydrogens is 305 g/mol. The number of hydrogen-bond acceptors (Lipinski definition) is 3. The summed E-state index contributed by atoms with van der Waals surface area (Å²) in [7, 11) is 0. The fourth-order valence-electron chi connectivity index (χ4n) is 2.06. The number of nitrogens with zero attached hydrogens (tertiary/aromatic N) is 1. The van der Waals surface area contributed by atoms with E-state index in [9.17, 15) is 9.59 Å². The van der Waals surface area contributed by atoms with Crippen LogP contribution in [0.15, 0.2) is 29.6 Å². The van der Waals surface area contributed by atoms with E-state index in [0.29, 0.717) is 17.3 Å². The van der Waals surface area contributed by atoms with Gasteiger partial charge < -0.3 is 0 Å². The zero-order valence-electron chi connectivity index (χ0n) is 9.52. The zero-order chi connectivity index (χ0) is 13.6. The summed E-state index contributed by atoms with van der Waals surface area (Å²) in [5.41, 5.74) is 0.619. The fraction of sp³-hybridized carbons (Fsp3) is 0.0769. The van der Waals surface area contributed by atoms with Crippen molar-refractivity contribution in [3.05, 3.63) is 50.1 Å². The number of thiophene rings is 1. The van der Waals surface area contributed by atoms with Gasteiger partial charge in [-0.15, -0.1) is 11.3 Å². The van der Waals surface area contributed by atoms with Crippen molar-refractivity contribution in [3.8, 4) is 0 Å². The molecule has 0 saturated heterocycles. The first-order valence-electron chi connectivity index (χ1n) is 5.46. The van der Waals surface area contributed by atoms with Gasteiger partial charge in [0.2, 0.25) is 0 Å². The van der Waals surface area contributed by atoms with E-state index in [-0.39, 0.29) is 10.6 Å². The third-order valence-electron chi connectivity index (χ3n) is 2.91. The Kier molecular flexibility index (Phi) is 3.09. The Balaban J connectivity index is 2.12. The number of hydrogen-bond donors (Lipinski definition) is 0. The van der Waals surface area contributed by atoms with Crippen molar-refractivity contribution in [2.24, 2.45) is 0 Å². The van der Waals surface area contributed by atoms with Crippen molar-refractivity contribution in [2.45, 2.75) is 6.54 Å². The van der Waals surface area contributed by atoms with Crippen LogP contribution in [0.1, 0.15) is 15.2 Å². The highest BCUT2D eigenvalue weighted by Gasteiger charge is 2.39. The lowest BCUT2D eigenvalue weighted by Gasteiger charge is -2.16. The second kappa shape index (κ2) is 4.63. The SMILES string of the molecule is O=C1C(=O)N(Cc2cccs2)c2c(Cl)ccc(Cl)c21. The monoisotopic (exact) mass is 311 g/mol. The van der Waals surface area contributed by atoms with E-state index in [1.54, 1.807) is 6.07 Å². The topological polar surface area (TPSA) is 37.4 Å². The van der Waals surface area contributed by atoms with Gasteiger partial charge in [-0.05, 0) is 23.6 Å². The summed E-state index contributed by atoms with van der Waals surface area (Å²) in [4.78, 5) is 26.4. The van der Waals surface area contributed by atoms with Crippen molar-refractivity contribution in [2.75, 3.05) is 4.90 Å². The van der Waals surface area contributed by atoms with Crippen LogP contribution < -0.4 is 4.90 Å². The summed E-state index contributed by atoms with van der Waals surface area (Å²) in [6.45, 7) is 0.329. The maximum absolute atomic E-state index is 12.1. The standard InChI is InChI=1S/C13H7Cl2NO2S/c14-8-3-4-9(15)11-10(8)12(17)13(18)16(11)6-7-2-1-5-19-7/h1-5H,6H2. The maximum atomic E-state index is 12.1. The molecule has 0 aliphatic carbocycles. The predicted octanol–water partition coefficient (Wildman–Crippen LogP) is 3.78. The molecule has 0 N–H and O–H groups in total. The molecule has 1 amide bonds. The summed E-state index contributed by atoms with van der Waals surface area (Å²) in [6.07, 6.45) is 0. The van der Waals surface area contributed by atoms with Crippen LogP contribution in [0.3, 0.4) is 0 Å². The minimum absolute atomic E-state index is 0.204. The molecule has 1 aromatic heterocycles. The Morgan fingerprint density at radius 2 is 1.84 bits per heavy atom. The van der Waals surface area contributed by atoms with E-state index in [0.717, 1.165) is 4.88 Å². The van der Waals surface area contributed by atoms with Crippen molar-refractivity contribution in [1.82, 2.24) is 0 Å². The number of carbonyl (C=O) groups excluding carboxylic acids is 2. The van der Waals surface area contributed by atoms with Gasteiger partial charge in [-0.3, -0.25) is 14.5 Å². The molecular formula is C13H7Cl2NO2S. The zero-order valence-corrected chi connectivity index (χ0v) is 11.9. The third kappa shape index (κ3) is 1.96. The highest BCUT2D eigenvalue weighted by molar-refractivity contribution is 7.09. The van der Waals surface area contributed by atoms with Crippen LogP contribution >= 0.6 is 34.5 Å². The quantitative estimate of drug-likeness (QED) is 0.791. The summed E-state index contributed by atoms with van der Waals surface area (Å²) in [5.74, 6) is -1.18. The second-order valence-electron chi connectivity index (χ2n) is 4.05. The average Bonchev–Trinajstić information content (AvgIpc) is 2.97. The third-order valence-corrected chi connectivity index (χ3v) is 4.39. The van der Waals surface area contributed by atoms with Crippen LogP contribution in [-0.2, 0) is 11.3 Å². The van der Waals surface area contributed by atoms with E-state index in [1.165, 1.54) is 22.3 Å². The number of ketones is 1. The number of rotatable bonds is 2. The molecule has 6 heteroatoms. The Morgan fingerprint density at radius 1 is 1.11 bits per heavy atom. The van der Waals surface area contributed by atoms with Crippen molar-refractivity contribution >= 4 is 51.9 Å². The molecule has 96 valence electrons. The normalized spacial score (nSPS) is 14.1. The summed E-state index contributed by atoms with van der Waals surface area (Å²) < 4.78 is 0. The van der Waals surface area contributed by atoms with E-state index in [1.807, 2.05) is 17.5 Å². The molecule has 19 heavy (non-hydrogen) atoms. The van der Waals surface area contributed by atoms with Gasteiger partial charge in [-0.2, -0.15) is 0 Å². The van der Waals surface area contributed by atoms with Gasteiger partial charge in [0.25, 0.3) is 11.7 Å². The van der Waals surface area contributed by atoms with Crippen molar-refractivity contribution < 1.29 is 9.59 Å². The molecule has 0 fully saturated rings. The summed E-state index contributed by atoms with van der Waals surface area (Å²) in [6, 6.07) is 6.92. The molecule has 1 aliphatic rings. The Bertz CT molecular complexity index is 682. The smallest absolute Gasteiger partial charge is 0.298 e. The average molecular weight is 312 g/mol. The second-order valence-corrected chi connectivity index (χ2v) is 5.90. The molecule has 2 heterocycles. The lowest BCUT2D eigenvalue weighted by Crippen LogP contribution is -2.28. The minimum Gasteiger partial charge on any atom is -0.298 e. The van der Waals surface area contributed by atoms with E-state index in [2.05, 4.69) is 0 Å². The van der Waals surface area contributed by atoms with Gasteiger partial charge in [-0.1, -0.05) is 29.3 Å². The molecule has 0 radical (unpaired) electrons. The molecule has 0 unspecified atom stereocenters. The molecule has 0 atom stereocenters. The number of benzene rings is 1. The molecule has 0 saturated carbocycles. The lowest BCUT2D eigenvalue weighted by molar-refractivity contribution is -0.114. The van der Waals surface area contributed by atoms with Crippen LogP contribution in [0.2, 0.25) is 10.0 Å². The molecule has 3 rings (SSSR count). The number of carbonyl (C=O) groups is 2. The van der Waals surface area contributed by atoms with Gasteiger partial charge in [-0.25, -0.2) is 0 Å². The van der Waals surface area contributed by atoms with Gasteiger partial charge in [0.1, 0.15) is 0 Å². The van der Waals surface area contributed by atoms with Crippen molar-refractivity contribution in [1.29, 1.82) is 0 Å². The molecule has 3 nitrogen and oxygen atoms in total. The van der Waals surface area contributed by atoms with Gasteiger partial charge in [0.05, 0.1) is 27.8 Å². The first-order chi connectivity index (χ1) is 9.09. The Hall–Kier alpha value is -1.36. The van der Waals surface area contributed by atoms with Crippen LogP contribution in [0.25, 0.3) is 0 Å². The summed E-state index contributed by atoms with van der Waals surface area (Å²) in [5, 5.41) is 2.53. The molecule has 1 aliphatic heterocycles. The van der Waals surface area contributed by atoms with E-state index >= 15 is 0 Å². The molecule has 0 spiro atoms. The van der Waals surface area contributed by atoms with Crippen LogP contribution in [0.4, 0.5) is 5.69 Å². The number of anilines is 1. The maximum Gasteiger partial charge on any atom is 0.299 e. The number of amides is 1. The van der Waals surface area contributed by atoms with Crippen LogP contribution in [0, 0.1) is 0 Å². The van der Waals surface area contributed by atoms with Gasteiger partial charge in [0, 0.05) is 4.88 Å². The molecule has 1 aromatic carbocycles. The van der Waals surface area contributed by atoms with E-state index < -0.39 is 11.7 Å². The molecule has 2 aromatic rings. The first kappa shape index (κ1) is 12.7. The summed E-state index contributed by atoms with van der Waals surface area (Å²) >= 11 is 13.6. The predicted molar refractivity (Wildman–Crippen MR) is 76.3 cm³/mol. The highest BCUT2D eigenvalue weighted by atomic mass is 35.5. The van der Waals surface area contributed by atoms with Gasteiger partial charge >= 0.3 is 0 Å².